The second-order valence-electron chi connectivity index (χ2n) is 4.93. The molecule has 0 radical (unpaired) electrons. The molecule has 0 bridgehead atoms. The lowest BCUT2D eigenvalue weighted by molar-refractivity contribution is 0.164. The van der Waals surface area contributed by atoms with Gasteiger partial charge in [0, 0.05) is 25.5 Å². The van der Waals surface area contributed by atoms with Gasteiger partial charge in [-0.2, -0.15) is 0 Å². The summed E-state index contributed by atoms with van der Waals surface area (Å²) < 4.78 is 0. The summed E-state index contributed by atoms with van der Waals surface area (Å²) in [7, 11) is 0. The van der Waals surface area contributed by atoms with Gasteiger partial charge in [-0.1, -0.05) is 13.8 Å². The third-order valence-corrected chi connectivity index (χ3v) is 3.56. The normalized spacial score (nSPS) is 14.6. The van der Waals surface area contributed by atoms with Crippen LogP contribution >= 0.6 is 0 Å². The minimum absolute atomic E-state index is 0.00475. The van der Waals surface area contributed by atoms with Crippen molar-refractivity contribution in [3.05, 3.63) is 23.8 Å². The van der Waals surface area contributed by atoms with E-state index in [0.717, 1.165) is 37.6 Å². The number of nitrogens with zero attached hydrogens (tertiary/aromatic N) is 3. The molecule has 0 aromatic carbocycles. The Labute approximate surface area is 116 Å². The maximum atomic E-state index is 9.70. The largest absolute Gasteiger partial charge is 0.394 e. The molecule has 108 valence electrons. The molecule has 0 aliphatic carbocycles. The van der Waals surface area contributed by atoms with E-state index in [1.165, 1.54) is 0 Å². The number of hydrogen-bond donors (Lipinski definition) is 2. The lowest BCUT2D eigenvalue weighted by Crippen LogP contribution is -2.47. The van der Waals surface area contributed by atoms with Crippen LogP contribution in [0.25, 0.3) is 0 Å². The first-order chi connectivity index (χ1) is 9.07. The zero-order chi connectivity index (χ0) is 14.3. The Hall–Kier alpha value is -1.04. The van der Waals surface area contributed by atoms with E-state index in [2.05, 4.69) is 34.0 Å². The number of aryl methyl sites for hydroxylation is 1. The van der Waals surface area contributed by atoms with Crippen LogP contribution in [0.5, 0.6) is 0 Å². The minimum Gasteiger partial charge on any atom is -0.394 e. The number of aliphatic hydroxyl groups is 1. The highest BCUT2D eigenvalue weighted by atomic mass is 16.3. The topological polar surface area (TPSA) is 61.3 Å². The quantitative estimate of drug-likeness (QED) is 0.733. The van der Waals surface area contributed by atoms with E-state index in [1.54, 1.807) is 12.4 Å². The SMILES string of the molecule is CCN(CC)CCNC(C)(CO)c1nccnc1C. The van der Waals surface area contributed by atoms with Crippen LogP contribution in [-0.4, -0.2) is 52.8 Å². The summed E-state index contributed by atoms with van der Waals surface area (Å²) in [6.07, 6.45) is 3.34. The van der Waals surface area contributed by atoms with Gasteiger partial charge in [0.25, 0.3) is 0 Å². The van der Waals surface area contributed by atoms with Crippen LogP contribution in [0.2, 0.25) is 0 Å². The molecular weight excluding hydrogens is 240 g/mol. The molecule has 1 rings (SSSR count). The van der Waals surface area contributed by atoms with Gasteiger partial charge in [0.05, 0.1) is 23.5 Å². The summed E-state index contributed by atoms with van der Waals surface area (Å²) >= 11 is 0. The third-order valence-electron chi connectivity index (χ3n) is 3.56. The molecule has 0 saturated carbocycles. The summed E-state index contributed by atoms with van der Waals surface area (Å²) in [5, 5.41) is 13.1. The summed E-state index contributed by atoms with van der Waals surface area (Å²) in [5.41, 5.74) is 1.14. The molecule has 1 aromatic heterocycles. The van der Waals surface area contributed by atoms with Crippen LogP contribution in [-0.2, 0) is 5.54 Å². The van der Waals surface area contributed by atoms with Gasteiger partial charge in [0.2, 0.25) is 0 Å². The van der Waals surface area contributed by atoms with Crippen molar-refractivity contribution in [2.45, 2.75) is 33.2 Å². The van der Waals surface area contributed by atoms with Crippen molar-refractivity contribution in [1.82, 2.24) is 20.2 Å². The lowest BCUT2D eigenvalue weighted by atomic mass is 9.97. The minimum atomic E-state index is -0.536. The van der Waals surface area contributed by atoms with Crippen LogP contribution < -0.4 is 5.32 Å². The molecule has 1 unspecified atom stereocenters. The molecule has 5 nitrogen and oxygen atoms in total. The smallest absolute Gasteiger partial charge is 0.0837 e. The molecule has 0 spiro atoms. The number of aliphatic hydroxyl groups excluding tert-OH is 1. The van der Waals surface area contributed by atoms with Gasteiger partial charge in [0.15, 0.2) is 0 Å². The van der Waals surface area contributed by atoms with E-state index >= 15 is 0 Å². The van der Waals surface area contributed by atoms with Gasteiger partial charge < -0.3 is 15.3 Å². The van der Waals surface area contributed by atoms with Crippen molar-refractivity contribution in [2.24, 2.45) is 0 Å². The lowest BCUT2D eigenvalue weighted by Gasteiger charge is -2.30. The van der Waals surface area contributed by atoms with E-state index in [0.29, 0.717) is 0 Å². The average Bonchev–Trinajstić information content (AvgIpc) is 2.44. The Morgan fingerprint density at radius 3 is 2.42 bits per heavy atom. The molecule has 2 N–H and O–H groups in total. The Morgan fingerprint density at radius 2 is 1.89 bits per heavy atom. The molecule has 0 fully saturated rings. The highest BCUT2D eigenvalue weighted by molar-refractivity contribution is 5.19. The van der Waals surface area contributed by atoms with Crippen molar-refractivity contribution in [3.63, 3.8) is 0 Å². The first kappa shape index (κ1) is 16.0. The van der Waals surface area contributed by atoms with E-state index in [-0.39, 0.29) is 6.61 Å². The Morgan fingerprint density at radius 1 is 1.26 bits per heavy atom. The van der Waals surface area contributed by atoms with E-state index in [4.69, 9.17) is 0 Å². The monoisotopic (exact) mass is 266 g/mol. The molecule has 0 saturated heterocycles. The van der Waals surface area contributed by atoms with Gasteiger partial charge in [-0.25, -0.2) is 0 Å². The van der Waals surface area contributed by atoms with Crippen LogP contribution in [0, 0.1) is 6.92 Å². The predicted octanol–water partition coefficient (Wildman–Crippen LogP) is 0.924. The highest BCUT2D eigenvalue weighted by Crippen LogP contribution is 2.19. The van der Waals surface area contributed by atoms with E-state index < -0.39 is 5.54 Å². The fourth-order valence-electron chi connectivity index (χ4n) is 2.19. The molecular formula is C14H26N4O. The maximum Gasteiger partial charge on any atom is 0.0837 e. The Kier molecular flexibility index (Phi) is 6.34. The Balaban J connectivity index is 2.68. The second kappa shape index (κ2) is 7.53. The first-order valence-electron chi connectivity index (χ1n) is 6.93. The highest BCUT2D eigenvalue weighted by Gasteiger charge is 2.28. The molecule has 1 heterocycles. The van der Waals surface area contributed by atoms with Gasteiger partial charge >= 0.3 is 0 Å². The van der Waals surface area contributed by atoms with Gasteiger partial charge in [-0.05, 0) is 26.9 Å². The number of rotatable bonds is 8. The summed E-state index contributed by atoms with van der Waals surface area (Å²) in [4.78, 5) is 10.9. The molecule has 1 aromatic rings. The fraction of sp³-hybridized carbons (Fsp3) is 0.714. The zero-order valence-corrected chi connectivity index (χ0v) is 12.5. The third kappa shape index (κ3) is 4.23. The summed E-state index contributed by atoms with van der Waals surface area (Å²) in [6.45, 7) is 12.1. The Bertz CT molecular complexity index is 381. The fourth-order valence-corrected chi connectivity index (χ4v) is 2.19. The number of likely N-dealkylation sites (N-methyl/N-ethyl adjacent to an activating group) is 1. The standard InChI is InChI=1S/C14H26N4O/c1-5-18(6-2)10-9-17-14(4,11-19)13-12(3)15-7-8-16-13/h7-8,17,19H,5-6,9-11H2,1-4H3. The maximum absolute atomic E-state index is 9.70. The molecule has 0 aliphatic rings. The molecule has 5 heteroatoms. The molecule has 1 atom stereocenters. The van der Waals surface area contributed by atoms with E-state index in [9.17, 15) is 5.11 Å². The number of hydrogen-bond acceptors (Lipinski definition) is 5. The van der Waals surface area contributed by atoms with Gasteiger partial charge in [-0.15, -0.1) is 0 Å². The molecule has 19 heavy (non-hydrogen) atoms. The summed E-state index contributed by atoms with van der Waals surface area (Å²) in [6, 6.07) is 0. The zero-order valence-electron chi connectivity index (χ0n) is 12.5. The van der Waals surface area contributed by atoms with Gasteiger partial charge in [-0.3, -0.25) is 9.97 Å². The average molecular weight is 266 g/mol. The van der Waals surface area contributed by atoms with Crippen LogP contribution in [0.15, 0.2) is 12.4 Å². The first-order valence-corrected chi connectivity index (χ1v) is 6.93. The van der Waals surface area contributed by atoms with Crippen molar-refractivity contribution in [1.29, 1.82) is 0 Å². The van der Waals surface area contributed by atoms with Crippen LogP contribution in [0.3, 0.4) is 0 Å². The molecule has 0 amide bonds. The van der Waals surface area contributed by atoms with Crippen molar-refractivity contribution in [2.75, 3.05) is 32.8 Å². The predicted molar refractivity (Wildman–Crippen MR) is 77.0 cm³/mol. The van der Waals surface area contributed by atoms with Crippen molar-refractivity contribution in [3.8, 4) is 0 Å². The summed E-state index contributed by atoms with van der Waals surface area (Å²) in [5.74, 6) is 0. The van der Waals surface area contributed by atoms with Crippen molar-refractivity contribution >= 4 is 0 Å². The number of aromatic nitrogens is 2. The second-order valence-corrected chi connectivity index (χ2v) is 4.93. The number of nitrogens with one attached hydrogen (secondary N) is 1. The van der Waals surface area contributed by atoms with E-state index in [1.807, 2.05) is 13.8 Å². The van der Waals surface area contributed by atoms with Gasteiger partial charge in [0.1, 0.15) is 0 Å². The van der Waals surface area contributed by atoms with Crippen LogP contribution in [0.4, 0.5) is 0 Å². The van der Waals surface area contributed by atoms with Crippen LogP contribution in [0.1, 0.15) is 32.2 Å². The molecule has 0 aliphatic heterocycles. The van der Waals surface area contributed by atoms with Crippen molar-refractivity contribution < 1.29 is 5.11 Å².